The van der Waals surface area contributed by atoms with Crippen molar-refractivity contribution in [2.75, 3.05) is 7.11 Å². The highest BCUT2D eigenvalue weighted by atomic mass is 16.5. The van der Waals surface area contributed by atoms with Crippen LogP contribution in [0.4, 0.5) is 0 Å². The number of fused-ring (bicyclic) bond motifs is 2. The molecule has 0 saturated heterocycles. The van der Waals surface area contributed by atoms with Crippen LogP contribution in [0.1, 0.15) is 51.9 Å². The number of hydrogen-bond donors (Lipinski definition) is 1. The van der Waals surface area contributed by atoms with Crippen LogP contribution < -0.4 is 10.5 Å². The number of primary amides is 1. The summed E-state index contributed by atoms with van der Waals surface area (Å²) in [5, 5.41) is 0. The molecule has 1 heterocycles. The van der Waals surface area contributed by atoms with E-state index in [2.05, 4.69) is 22.9 Å². The Morgan fingerprint density at radius 1 is 1.16 bits per heavy atom. The molecule has 7 nitrogen and oxygen atoms in total. The average molecular weight is 422 g/mol. The number of carbonyl (C=O) groups excluding carboxylic acids is 3. The third-order valence-corrected chi connectivity index (χ3v) is 6.06. The second-order valence-electron chi connectivity index (χ2n) is 7.99. The molecule has 2 aromatic rings. The third-order valence-electron chi connectivity index (χ3n) is 6.06. The predicted molar refractivity (Wildman–Crippen MR) is 113 cm³/mol. The number of amides is 2. The highest BCUT2D eigenvalue weighted by Crippen LogP contribution is 2.33. The van der Waals surface area contributed by atoms with Crippen LogP contribution in [-0.2, 0) is 40.3 Å². The summed E-state index contributed by atoms with van der Waals surface area (Å²) in [4.78, 5) is 37.9. The molecule has 7 heteroatoms. The number of carbonyl (C=O) groups is 3. The summed E-state index contributed by atoms with van der Waals surface area (Å²) in [5.74, 6) is -0.767. The number of aryl methyl sites for hydroxylation is 2. The molecule has 0 bridgehead atoms. The lowest BCUT2D eigenvalue weighted by atomic mass is 10.1. The molecule has 2 N–H and O–H groups in total. The summed E-state index contributed by atoms with van der Waals surface area (Å²) in [6, 6.07) is 10.9. The molecule has 0 fully saturated rings. The molecule has 1 unspecified atom stereocenters. The molecule has 2 amide bonds. The number of methoxy groups -OCH3 is 1. The van der Waals surface area contributed by atoms with Gasteiger partial charge in [-0.1, -0.05) is 24.3 Å². The van der Waals surface area contributed by atoms with E-state index in [1.807, 2.05) is 6.07 Å². The molecule has 2 aromatic carbocycles. The minimum atomic E-state index is -0.886. The first-order valence-electron chi connectivity index (χ1n) is 10.5. The molecule has 4 rings (SSSR count). The summed E-state index contributed by atoms with van der Waals surface area (Å²) >= 11 is 0. The molecule has 0 aromatic heterocycles. The lowest BCUT2D eigenvalue weighted by Gasteiger charge is -2.24. The number of hydrogen-bond acceptors (Lipinski definition) is 5. The van der Waals surface area contributed by atoms with Crippen molar-refractivity contribution >= 4 is 17.8 Å². The molecule has 1 aliphatic carbocycles. The lowest BCUT2D eigenvalue weighted by Crippen LogP contribution is -2.45. The molecule has 2 aliphatic rings. The van der Waals surface area contributed by atoms with E-state index < -0.39 is 17.9 Å². The van der Waals surface area contributed by atoms with Crippen molar-refractivity contribution in [1.29, 1.82) is 0 Å². The molecule has 162 valence electrons. The van der Waals surface area contributed by atoms with Crippen LogP contribution in [0.2, 0.25) is 0 Å². The maximum absolute atomic E-state index is 13.0. The normalized spacial score (nSPS) is 15.4. The molecular formula is C24H26N2O5. The van der Waals surface area contributed by atoms with E-state index in [-0.39, 0.29) is 25.3 Å². The standard InChI is InChI=1S/C24H26N2O5/c1-30-22(27)11-10-20(23(25)28)26-13-19-18(24(26)29)6-3-7-21(19)31-14-15-8-9-16-4-2-5-17(16)12-15/h3,6-9,12,20H,2,4-5,10-11,13-14H2,1H3,(H2,25,28). The van der Waals surface area contributed by atoms with Crippen LogP contribution in [0.15, 0.2) is 36.4 Å². The van der Waals surface area contributed by atoms with Crippen LogP contribution in [0.5, 0.6) is 5.75 Å². The van der Waals surface area contributed by atoms with Crippen molar-refractivity contribution in [2.45, 2.75) is 51.3 Å². The zero-order chi connectivity index (χ0) is 22.0. The first kappa shape index (κ1) is 20.9. The van der Waals surface area contributed by atoms with Crippen LogP contribution in [0, 0.1) is 0 Å². The smallest absolute Gasteiger partial charge is 0.305 e. The van der Waals surface area contributed by atoms with E-state index in [0.717, 1.165) is 24.0 Å². The third kappa shape index (κ3) is 4.26. The van der Waals surface area contributed by atoms with E-state index in [9.17, 15) is 14.4 Å². The Balaban J connectivity index is 1.49. The second kappa shape index (κ2) is 8.79. The van der Waals surface area contributed by atoms with Gasteiger partial charge in [-0.3, -0.25) is 14.4 Å². The summed E-state index contributed by atoms with van der Waals surface area (Å²) in [6.45, 7) is 0.614. The van der Waals surface area contributed by atoms with E-state index in [0.29, 0.717) is 17.9 Å². The molecular weight excluding hydrogens is 396 g/mol. The Kier molecular flexibility index (Phi) is 5.93. The highest BCUT2D eigenvalue weighted by Gasteiger charge is 2.37. The molecule has 0 saturated carbocycles. The fourth-order valence-electron chi connectivity index (χ4n) is 4.40. The van der Waals surface area contributed by atoms with Crippen molar-refractivity contribution in [2.24, 2.45) is 5.73 Å². The minimum absolute atomic E-state index is 0.00587. The average Bonchev–Trinajstić information content (AvgIpc) is 3.36. The van der Waals surface area contributed by atoms with Crippen molar-refractivity contribution in [3.05, 3.63) is 64.2 Å². The number of ether oxygens (including phenoxy) is 2. The molecule has 0 radical (unpaired) electrons. The van der Waals surface area contributed by atoms with Gasteiger partial charge in [0.2, 0.25) is 5.91 Å². The first-order valence-corrected chi connectivity index (χ1v) is 10.5. The first-order chi connectivity index (χ1) is 15.0. The maximum Gasteiger partial charge on any atom is 0.305 e. The summed E-state index contributed by atoms with van der Waals surface area (Å²) in [5.41, 5.74) is 10.7. The molecule has 31 heavy (non-hydrogen) atoms. The Morgan fingerprint density at radius 3 is 2.74 bits per heavy atom. The van der Waals surface area contributed by atoms with Crippen LogP contribution in [-0.4, -0.2) is 35.8 Å². The minimum Gasteiger partial charge on any atom is -0.489 e. The summed E-state index contributed by atoms with van der Waals surface area (Å²) in [7, 11) is 1.28. The van der Waals surface area contributed by atoms with Gasteiger partial charge < -0.3 is 20.1 Å². The highest BCUT2D eigenvalue weighted by molar-refractivity contribution is 6.01. The van der Waals surface area contributed by atoms with Gasteiger partial charge in [-0.25, -0.2) is 0 Å². The Hall–Kier alpha value is -3.35. The zero-order valence-electron chi connectivity index (χ0n) is 17.6. The molecule has 0 spiro atoms. The van der Waals surface area contributed by atoms with Gasteiger partial charge in [0.05, 0.1) is 13.7 Å². The van der Waals surface area contributed by atoms with Gasteiger partial charge in [-0.15, -0.1) is 0 Å². The van der Waals surface area contributed by atoms with Crippen LogP contribution in [0.25, 0.3) is 0 Å². The quantitative estimate of drug-likeness (QED) is 0.659. The van der Waals surface area contributed by atoms with Gasteiger partial charge in [-0.05, 0) is 54.5 Å². The van der Waals surface area contributed by atoms with Gasteiger partial charge >= 0.3 is 5.97 Å². The number of rotatable bonds is 8. The van der Waals surface area contributed by atoms with E-state index >= 15 is 0 Å². The Labute approximate surface area is 181 Å². The maximum atomic E-state index is 13.0. The number of nitrogens with zero attached hydrogens (tertiary/aromatic N) is 1. The summed E-state index contributed by atoms with van der Waals surface area (Å²) in [6.07, 6.45) is 3.56. The van der Waals surface area contributed by atoms with E-state index in [1.54, 1.807) is 12.1 Å². The van der Waals surface area contributed by atoms with Gasteiger partial charge in [0, 0.05) is 17.5 Å². The van der Waals surface area contributed by atoms with Gasteiger partial charge in [0.25, 0.3) is 5.91 Å². The predicted octanol–water partition coefficient (Wildman–Crippen LogP) is 2.52. The SMILES string of the molecule is COC(=O)CCC(C(N)=O)N1Cc2c(OCc3ccc4c(c3)CCC4)cccc2C1=O. The van der Waals surface area contributed by atoms with Gasteiger partial charge in [0.1, 0.15) is 18.4 Å². The van der Waals surface area contributed by atoms with Crippen molar-refractivity contribution in [1.82, 2.24) is 4.90 Å². The monoisotopic (exact) mass is 422 g/mol. The van der Waals surface area contributed by atoms with Gasteiger partial charge in [-0.2, -0.15) is 0 Å². The summed E-state index contributed by atoms with van der Waals surface area (Å²) < 4.78 is 10.7. The zero-order valence-corrected chi connectivity index (χ0v) is 17.6. The van der Waals surface area contributed by atoms with Crippen molar-refractivity contribution in [3.63, 3.8) is 0 Å². The number of benzene rings is 2. The number of esters is 1. The fourth-order valence-corrected chi connectivity index (χ4v) is 4.40. The number of nitrogens with two attached hydrogens (primary N) is 1. The van der Waals surface area contributed by atoms with Crippen molar-refractivity contribution < 1.29 is 23.9 Å². The topological polar surface area (TPSA) is 98.9 Å². The molecule has 1 aliphatic heterocycles. The molecule has 1 atom stereocenters. The lowest BCUT2D eigenvalue weighted by molar-refractivity contribution is -0.141. The second-order valence-corrected chi connectivity index (χ2v) is 7.99. The fraction of sp³-hybridized carbons (Fsp3) is 0.375. The van der Waals surface area contributed by atoms with E-state index in [4.69, 9.17) is 10.5 Å². The van der Waals surface area contributed by atoms with E-state index in [1.165, 1.54) is 29.6 Å². The van der Waals surface area contributed by atoms with Crippen LogP contribution >= 0.6 is 0 Å². The Morgan fingerprint density at radius 2 is 1.97 bits per heavy atom. The van der Waals surface area contributed by atoms with Crippen molar-refractivity contribution in [3.8, 4) is 5.75 Å². The largest absolute Gasteiger partial charge is 0.489 e. The Bertz CT molecular complexity index is 1030. The van der Waals surface area contributed by atoms with Gasteiger partial charge in [0.15, 0.2) is 0 Å². The van der Waals surface area contributed by atoms with Crippen LogP contribution in [0.3, 0.4) is 0 Å².